The largest absolute Gasteiger partial charge is 0.372 e. The number of carbonyl (C=O) groups excluding carboxylic acids is 1. The minimum Gasteiger partial charge on any atom is -0.372 e. The van der Waals surface area contributed by atoms with Crippen LogP contribution >= 0.6 is 11.8 Å². The third-order valence-electron chi connectivity index (χ3n) is 2.60. The van der Waals surface area contributed by atoms with Gasteiger partial charge in [0.05, 0.1) is 12.7 Å². The zero-order valence-electron chi connectivity index (χ0n) is 9.28. The molecule has 0 radical (unpaired) electrons. The van der Waals surface area contributed by atoms with Gasteiger partial charge in [-0.1, -0.05) is 17.8 Å². The van der Waals surface area contributed by atoms with Crippen molar-refractivity contribution in [3.8, 4) is 0 Å². The van der Waals surface area contributed by atoms with Crippen LogP contribution in [-0.2, 0) is 9.53 Å². The summed E-state index contributed by atoms with van der Waals surface area (Å²) in [6.07, 6.45) is 0.194. The minimum atomic E-state index is -0.598. The molecule has 2 atom stereocenters. The average Bonchev–Trinajstić information content (AvgIpc) is 2.65. The van der Waals surface area contributed by atoms with Crippen molar-refractivity contribution in [3.63, 3.8) is 0 Å². The second kappa shape index (κ2) is 5.14. The minimum absolute atomic E-state index is 0.0267. The molecule has 1 heterocycles. The van der Waals surface area contributed by atoms with Crippen LogP contribution in [0.1, 0.15) is 25.0 Å². The number of ether oxygens (including phenoxy) is 1. The lowest BCUT2D eigenvalue weighted by molar-refractivity contribution is -0.109. The van der Waals surface area contributed by atoms with Gasteiger partial charge in [-0.15, -0.1) is 0 Å². The van der Waals surface area contributed by atoms with E-state index in [0.717, 1.165) is 6.07 Å². The van der Waals surface area contributed by atoms with Crippen LogP contribution in [0.3, 0.4) is 0 Å². The highest BCUT2D eigenvalue weighted by Crippen LogP contribution is 2.36. The Morgan fingerprint density at radius 2 is 2.24 bits per heavy atom. The van der Waals surface area contributed by atoms with Crippen LogP contribution < -0.4 is 0 Å². The quantitative estimate of drug-likeness (QED) is 0.815. The maximum Gasteiger partial charge on any atom is 0.186 e. The Kier molecular flexibility index (Phi) is 3.79. The van der Waals surface area contributed by atoms with E-state index in [0.29, 0.717) is 18.6 Å². The molecule has 92 valence electrons. The van der Waals surface area contributed by atoms with Gasteiger partial charge < -0.3 is 4.74 Å². The van der Waals surface area contributed by atoms with E-state index in [4.69, 9.17) is 4.74 Å². The van der Waals surface area contributed by atoms with Gasteiger partial charge >= 0.3 is 0 Å². The molecule has 1 saturated heterocycles. The zero-order valence-corrected chi connectivity index (χ0v) is 10.1. The second-order valence-corrected chi connectivity index (χ2v) is 5.43. The average molecular weight is 258 g/mol. The summed E-state index contributed by atoms with van der Waals surface area (Å²) >= 11 is 1.21. The Balaban J connectivity index is 2.07. The number of halogens is 2. The monoisotopic (exact) mass is 258 g/mol. The predicted molar refractivity (Wildman–Crippen MR) is 61.7 cm³/mol. The number of hydrogen-bond acceptors (Lipinski definition) is 3. The van der Waals surface area contributed by atoms with Gasteiger partial charge in [0.1, 0.15) is 11.6 Å². The molecule has 0 aromatic heterocycles. The van der Waals surface area contributed by atoms with E-state index in [1.165, 1.54) is 30.8 Å². The molecule has 0 aliphatic carbocycles. The summed E-state index contributed by atoms with van der Waals surface area (Å²) in [6.45, 7) is 1.92. The summed E-state index contributed by atoms with van der Waals surface area (Å²) in [4.78, 5) is 10.9. The fourth-order valence-electron chi connectivity index (χ4n) is 1.89. The van der Waals surface area contributed by atoms with Crippen LogP contribution in [0.4, 0.5) is 8.78 Å². The summed E-state index contributed by atoms with van der Waals surface area (Å²) in [7, 11) is 0. The Labute approximate surface area is 102 Å². The Hall–Kier alpha value is -0.940. The molecule has 0 spiro atoms. The molecule has 1 aromatic rings. The van der Waals surface area contributed by atoms with Crippen molar-refractivity contribution < 1.29 is 18.3 Å². The summed E-state index contributed by atoms with van der Waals surface area (Å²) in [5.74, 6) is -1.19. The molecule has 17 heavy (non-hydrogen) atoms. The van der Waals surface area contributed by atoms with Crippen LogP contribution in [0.2, 0.25) is 0 Å². The fraction of sp³-hybridized carbons (Fsp3) is 0.417. The lowest BCUT2D eigenvalue weighted by Crippen LogP contribution is -2.03. The van der Waals surface area contributed by atoms with Gasteiger partial charge in [0.25, 0.3) is 0 Å². The second-order valence-electron chi connectivity index (χ2n) is 3.95. The molecule has 0 N–H and O–H groups in total. The number of thioether (sulfide) groups is 1. The molecular formula is C12H12F2O2S. The predicted octanol–water partition coefficient (Wildman–Crippen LogP) is 3.07. The lowest BCUT2D eigenvalue weighted by atomic mass is 10.1. The zero-order chi connectivity index (χ0) is 12.4. The van der Waals surface area contributed by atoms with Crippen LogP contribution in [0.5, 0.6) is 0 Å². The van der Waals surface area contributed by atoms with Gasteiger partial charge in [0.2, 0.25) is 0 Å². The summed E-state index contributed by atoms with van der Waals surface area (Å²) in [6, 6.07) is 3.47. The van der Waals surface area contributed by atoms with Gasteiger partial charge in [-0.3, -0.25) is 4.79 Å². The summed E-state index contributed by atoms with van der Waals surface area (Å²) < 4.78 is 31.7. The van der Waals surface area contributed by atoms with E-state index < -0.39 is 11.6 Å². The number of carbonyl (C=O) groups is 1. The number of hydrogen-bond donors (Lipinski definition) is 0. The van der Waals surface area contributed by atoms with E-state index in [2.05, 4.69) is 0 Å². The molecule has 1 aromatic carbocycles. The highest BCUT2D eigenvalue weighted by molar-refractivity contribution is 8.14. The molecule has 2 rings (SSSR count). The van der Waals surface area contributed by atoms with E-state index in [9.17, 15) is 13.6 Å². The van der Waals surface area contributed by atoms with Crippen LogP contribution in [0.15, 0.2) is 18.2 Å². The van der Waals surface area contributed by atoms with Crippen molar-refractivity contribution in [2.75, 3.05) is 6.61 Å². The maximum absolute atomic E-state index is 13.5. The first-order valence-corrected chi connectivity index (χ1v) is 6.18. The van der Waals surface area contributed by atoms with E-state index >= 15 is 0 Å². The van der Waals surface area contributed by atoms with Crippen molar-refractivity contribution in [3.05, 3.63) is 35.4 Å². The third-order valence-corrected chi connectivity index (χ3v) is 3.60. The van der Waals surface area contributed by atoms with E-state index in [1.54, 1.807) is 0 Å². The van der Waals surface area contributed by atoms with Crippen LogP contribution in [-0.4, -0.2) is 17.0 Å². The first-order chi connectivity index (χ1) is 8.06. The molecule has 2 unspecified atom stereocenters. The van der Waals surface area contributed by atoms with Gasteiger partial charge in [0, 0.05) is 23.8 Å². The SMILES string of the molecule is CC(=O)SC1COC(c2ccc(F)cc2F)C1. The Morgan fingerprint density at radius 1 is 1.47 bits per heavy atom. The maximum atomic E-state index is 13.5. The highest BCUT2D eigenvalue weighted by atomic mass is 32.2. The normalized spacial score (nSPS) is 23.9. The summed E-state index contributed by atoms with van der Waals surface area (Å²) in [5, 5.41) is 0.0841. The van der Waals surface area contributed by atoms with E-state index in [-0.39, 0.29) is 16.5 Å². The summed E-state index contributed by atoms with van der Waals surface area (Å²) in [5.41, 5.74) is 0.359. The van der Waals surface area contributed by atoms with Gasteiger partial charge in [-0.25, -0.2) is 8.78 Å². The molecule has 1 fully saturated rings. The number of rotatable bonds is 2. The molecule has 0 amide bonds. The van der Waals surface area contributed by atoms with Crippen molar-refractivity contribution in [1.82, 2.24) is 0 Å². The van der Waals surface area contributed by atoms with Gasteiger partial charge in [-0.05, 0) is 12.5 Å². The third kappa shape index (κ3) is 3.04. The molecule has 0 bridgehead atoms. The van der Waals surface area contributed by atoms with Crippen LogP contribution in [0.25, 0.3) is 0 Å². The van der Waals surface area contributed by atoms with Gasteiger partial charge in [0.15, 0.2) is 5.12 Å². The van der Waals surface area contributed by atoms with Gasteiger partial charge in [-0.2, -0.15) is 0 Å². The molecular weight excluding hydrogens is 246 g/mol. The molecule has 5 heteroatoms. The van der Waals surface area contributed by atoms with Crippen LogP contribution in [0, 0.1) is 11.6 Å². The number of benzene rings is 1. The Bertz CT molecular complexity index is 437. The first kappa shape index (κ1) is 12.5. The highest BCUT2D eigenvalue weighted by Gasteiger charge is 2.29. The fourth-order valence-corrected chi connectivity index (χ4v) is 2.78. The van der Waals surface area contributed by atoms with Crippen molar-refractivity contribution in [1.29, 1.82) is 0 Å². The Morgan fingerprint density at radius 3 is 2.88 bits per heavy atom. The molecule has 0 saturated carbocycles. The molecule has 2 nitrogen and oxygen atoms in total. The lowest BCUT2D eigenvalue weighted by Gasteiger charge is -2.10. The topological polar surface area (TPSA) is 26.3 Å². The molecule has 1 aliphatic heterocycles. The van der Waals surface area contributed by atoms with Crippen molar-refractivity contribution in [2.45, 2.75) is 24.7 Å². The van der Waals surface area contributed by atoms with E-state index in [1.807, 2.05) is 0 Å². The smallest absolute Gasteiger partial charge is 0.186 e. The van der Waals surface area contributed by atoms with Crippen molar-refractivity contribution >= 4 is 16.9 Å². The first-order valence-electron chi connectivity index (χ1n) is 5.30. The molecule has 1 aliphatic rings. The standard InChI is InChI=1S/C12H12F2O2S/c1-7(15)17-9-5-12(16-6-9)10-3-2-8(13)4-11(10)14/h2-4,9,12H,5-6H2,1H3. The van der Waals surface area contributed by atoms with Crippen molar-refractivity contribution in [2.24, 2.45) is 0 Å².